The molecule has 0 spiro atoms. The molecular weight excluding hydrogens is 359 g/mol. The van der Waals surface area contributed by atoms with Gasteiger partial charge in [-0.1, -0.05) is 5.16 Å². The van der Waals surface area contributed by atoms with Crippen molar-refractivity contribution in [2.45, 2.75) is 0 Å². The Balaban J connectivity index is 1.74. The normalized spacial score (nSPS) is 10.6. The lowest BCUT2D eigenvalue weighted by Gasteiger charge is -2.03. The Morgan fingerprint density at radius 1 is 1.37 bits per heavy atom. The molecule has 0 atom stereocenters. The highest BCUT2D eigenvalue weighted by molar-refractivity contribution is 14.1. The largest absolute Gasteiger partial charge is 0.463 e. The Bertz CT molecular complexity index is 550. The van der Waals surface area contributed by atoms with E-state index in [1.807, 2.05) is 24.3 Å². The summed E-state index contributed by atoms with van der Waals surface area (Å²) in [5.41, 5.74) is 0.726. The minimum absolute atomic E-state index is 0.150. The average Bonchev–Trinajstić information content (AvgIpc) is 2.91. The molecule has 5 nitrogen and oxygen atoms in total. The predicted octanol–water partition coefficient (Wildman–Crippen LogP) is 2.87. The van der Waals surface area contributed by atoms with Crippen molar-refractivity contribution >= 4 is 40.4 Å². The van der Waals surface area contributed by atoms with Gasteiger partial charge in [-0.05, 0) is 59.0 Å². The molecule has 0 aliphatic rings. The molecule has 0 saturated heterocycles. The SMILES string of the molecule is O=C(CON=Cc1ccco1)Nc1ccc(I)cc1. The number of carbonyl (C=O) groups excluding carboxylic acids is 1. The molecular formula is C13H11IN2O3. The molecule has 6 heteroatoms. The van der Waals surface area contributed by atoms with Crippen LogP contribution in [0.5, 0.6) is 0 Å². The lowest BCUT2D eigenvalue weighted by Crippen LogP contribution is -2.16. The number of furan rings is 1. The van der Waals surface area contributed by atoms with E-state index in [9.17, 15) is 4.79 Å². The second-order valence-corrected chi connectivity index (χ2v) is 4.82. The van der Waals surface area contributed by atoms with E-state index in [2.05, 4.69) is 33.1 Å². The van der Waals surface area contributed by atoms with E-state index in [0.29, 0.717) is 5.76 Å². The molecule has 1 N–H and O–H groups in total. The second-order valence-electron chi connectivity index (χ2n) is 3.58. The van der Waals surface area contributed by atoms with Gasteiger partial charge in [-0.2, -0.15) is 0 Å². The second kappa shape index (κ2) is 6.93. The van der Waals surface area contributed by atoms with E-state index in [1.54, 1.807) is 12.1 Å². The number of rotatable bonds is 5. The van der Waals surface area contributed by atoms with Gasteiger partial charge in [0, 0.05) is 9.26 Å². The zero-order valence-corrected chi connectivity index (χ0v) is 12.0. The third-order valence-corrected chi connectivity index (χ3v) is 2.84. The molecule has 1 aromatic heterocycles. The summed E-state index contributed by atoms with van der Waals surface area (Å²) in [4.78, 5) is 16.4. The topological polar surface area (TPSA) is 63.8 Å². The summed E-state index contributed by atoms with van der Waals surface area (Å²) in [7, 11) is 0. The van der Waals surface area contributed by atoms with Gasteiger partial charge >= 0.3 is 0 Å². The minimum Gasteiger partial charge on any atom is -0.463 e. The van der Waals surface area contributed by atoms with Crippen molar-refractivity contribution in [2.75, 3.05) is 11.9 Å². The number of nitrogens with one attached hydrogen (secondary N) is 1. The lowest BCUT2D eigenvalue weighted by atomic mass is 10.3. The van der Waals surface area contributed by atoms with E-state index >= 15 is 0 Å². The van der Waals surface area contributed by atoms with Crippen LogP contribution < -0.4 is 5.32 Å². The molecule has 19 heavy (non-hydrogen) atoms. The summed E-state index contributed by atoms with van der Waals surface area (Å²) in [6.07, 6.45) is 2.93. The molecule has 0 radical (unpaired) electrons. The Labute approximate surface area is 123 Å². The van der Waals surface area contributed by atoms with Crippen LogP contribution in [0.15, 0.2) is 52.2 Å². The summed E-state index contributed by atoms with van der Waals surface area (Å²) >= 11 is 2.20. The number of amides is 1. The van der Waals surface area contributed by atoms with Crippen LogP contribution in [0.4, 0.5) is 5.69 Å². The van der Waals surface area contributed by atoms with Gasteiger partial charge in [-0.25, -0.2) is 0 Å². The number of hydrogen-bond acceptors (Lipinski definition) is 4. The highest BCUT2D eigenvalue weighted by Gasteiger charge is 2.02. The maximum atomic E-state index is 11.5. The summed E-state index contributed by atoms with van der Waals surface area (Å²) < 4.78 is 6.12. The summed E-state index contributed by atoms with van der Waals surface area (Å²) in [6.45, 7) is -0.150. The molecule has 1 amide bonds. The quantitative estimate of drug-likeness (QED) is 0.500. The molecule has 1 aromatic carbocycles. The fraction of sp³-hybridized carbons (Fsp3) is 0.0769. The van der Waals surface area contributed by atoms with Gasteiger partial charge in [0.25, 0.3) is 5.91 Å². The first-order valence-electron chi connectivity index (χ1n) is 5.48. The number of nitrogens with zero attached hydrogens (tertiary/aromatic N) is 1. The molecule has 0 fully saturated rings. The van der Waals surface area contributed by atoms with Gasteiger partial charge in [0.15, 0.2) is 6.61 Å². The monoisotopic (exact) mass is 370 g/mol. The molecule has 0 aliphatic heterocycles. The van der Waals surface area contributed by atoms with Gasteiger partial charge < -0.3 is 14.6 Å². The predicted molar refractivity (Wildman–Crippen MR) is 80.0 cm³/mol. The number of anilines is 1. The summed E-state index contributed by atoms with van der Waals surface area (Å²) in [5, 5.41) is 6.33. The maximum Gasteiger partial charge on any atom is 0.265 e. The number of benzene rings is 1. The maximum absolute atomic E-state index is 11.5. The van der Waals surface area contributed by atoms with Crippen LogP contribution in [0.25, 0.3) is 0 Å². The van der Waals surface area contributed by atoms with E-state index in [4.69, 9.17) is 9.25 Å². The number of oxime groups is 1. The van der Waals surface area contributed by atoms with Crippen molar-refractivity contribution in [3.8, 4) is 0 Å². The van der Waals surface area contributed by atoms with Crippen molar-refractivity contribution in [1.29, 1.82) is 0 Å². The zero-order chi connectivity index (χ0) is 13.5. The Morgan fingerprint density at radius 2 is 2.16 bits per heavy atom. The summed E-state index contributed by atoms with van der Waals surface area (Å²) in [5.74, 6) is 0.302. The zero-order valence-electron chi connectivity index (χ0n) is 9.88. The number of carbonyl (C=O) groups is 1. The third kappa shape index (κ3) is 4.74. The Kier molecular flexibility index (Phi) is 4.96. The molecule has 98 valence electrons. The van der Waals surface area contributed by atoms with Crippen LogP contribution in [0.2, 0.25) is 0 Å². The summed E-state index contributed by atoms with van der Waals surface area (Å²) in [6, 6.07) is 10.9. The highest BCUT2D eigenvalue weighted by Crippen LogP contribution is 2.10. The number of halogens is 1. The first-order valence-corrected chi connectivity index (χ1v) is 6.56. The van der Waals surface area contributed by atoms with Crippen molar-refractivity contribution < 1.29 is 14.0 Å². The van der Waals surface area contributed by atoms with E-state index in [-0.39, 0.29) is 12.5 Å². The Hall–Kier alpha value is -1.83. The van der Waals surface area contributed by atoms with Crippen molar-refractivity contribution in [2.24, 2.45) is 5.16 Å². The van der Waals surface area contributed by atoms with E-state index < -0.39 is 0 Å². The van der Waals surface area contributed by atoms with E-state index in [0.717, 1.165) is 9.26 Å². The molecule has 0 bridgehead atoms. The van der Waals surface area contributed by atoms with E-state index in [1.165, 1.54) is 12.5 Å². The van der Waals surface area contributed by atoms with Gasteiger partial charge in [0.2, 0.25) is 0 Å². The van der Waals surface area contributed by atoms with Crippen LogP contribution in [-0.2, 0) is 9.63 Å². The fourth-order valence-electron chi connectivity index (χ4n) is 1.28. The van der Waals surface area contributed by atoms with Gasteiger partial charge in [0.05, 0.1) is 6.26 Å². The molecule has 0 unspecified atom stereocenters. The third-order valence-electron chi connectivity index (χ3n) is 2.12. The van der Waals surface area contributed by atoms with Crippen LogP contribution in [-0.4, -0.2) is 18.7 Å². The van der Waals surface area contributed by atoms with Crippen LogP contribution >= 0.6 is 22.6 Å². The van der Waals surface area contributed by atoms with Crippen molar-refractivity contribution in [3.63, 3.8) is 0 Å². The van der Waals surface area contributed by atoms with Crippen molar-refractivity contribution in [1.82, 2.24) is 0 Å². The van der Waals surface area contributed by atoms with Gasteiger partial charge in [0.1, 0.15) is 12.0 Å². The standard InChI is InChI=1S/C13H11IN2O3/c14-10-3-5-11(6-4-10)16-13(17)9-19-15-8-12-2-1-7-18-12/h1-8H,9H2,(H,16,17). The molecule has 2 rings (SSSR count). The molecule has 0 saturated carbocycles. The van der Waals surface area contributed by atoms with Gasteiger partial charge in [-0.15, -0.1) is 0 Å². The fourth-order valence-corrected chi connectivity index (χ4v) is 1.64. The van der Waals surface area contributed by atoms with Crippen molar-refractivity contribution in [3.05, 3.63) is 52.0 Å². The smallest absolute Gasteiger partial charge is 0.265 e. The molecule has 0 aliphatic carbocycles. The van der Waals surface area contributed by atoms with Crippen LogP contribution in [0.1, 0.15) is 5.76 Å². The minimum atomic E-state index is -0.266. The van der Waals surface area contributed by atoms with Crippen LogP contribution in [0, 0.1) is 3.57 Å². The first-order chi connectivity index (χ1) is 9.24. The van der Waals surface area contributed by atoms with Gasteiger partial charge in [-0.3, -0.25) is 4.79 Å². The lowest BCUT2D eigenvalue weighted by molar-refractivity contribution is -0.120. The Morgan fingerprint density at radius 3 is 2.84 bits per heavy atom. The average molecular weight is 370 g/mol. The molecule has 1 heterocycles. The highest BCUT2D eigenvalue weighted by atomic mass is 127. The first kappa shape index (κ1) is 13.6. The number of hydrogen-bond donors (Lipinski definition) is 1. The molecule has 2 aromatic rings. The van der Waals surface area contributed by atoms with Crippen LogP contribution in [0.3, 0.4) is 0 Å².